The number of hydrogen-bond donors (Lipinski definition) is 0. The monoisotopic (exact) mass is 251 g/mol. The van der Waals surface area contributed by atoms with Crippen molar-refractivity contribution in [2.24, 2.45) is 17.8 Å². The minimum Gasteiger partial charge on any atom is -0.467 e. The summed E-state index contributed by atoms with van der Waals surface area (Å²) >= 11 is 0. The van der Waals surface area contributed by atoms with Gasteiger partial charge in [0.1, 0.15) is 6.04 Å². The highest BCUT2D eigenvalue weighted by Crippen LogP contribution is 2.58. The highest BCUT2D eigenvalue weighted by molar-refractivity contribution is 5.88. The van der Waals surface area contributed by atoms with Gasteiger partial charge in [0.2, 0.25) is 5.91 Å². The third kappa shape index (κ3) is 1.82. The summed E-state index contributed by atoms with van der Waals surface area (Å²) in [6.07, 6.45) is 6.48. The van der Waals surface area contributed by atoms with Crippen LogP contribution < -0.4 is 0 Å². The van der Waals surface area contributed by atoms with Crippen molar-refractivity contribution < 1.29 is 14.3 Å². The first kappa shape index (κ1) is 12.0. The number of amides is 1. The average molecular weight is 251 g/mol. The maximum Gasteiger partial charge on any atom is 0.328 e. The predicted octanol–water partition coefficient (Wildman–Crippen LogP) is 1.59. The van der Waals surface area contributed by atoms with Gasteiger partial charge in [-0.2, -0.15) is 0 Å². The average Bonchev–Trinajstić information content (AvgIpc) is 2.89. The van der Waals surface area contributed by atoms with E-state index in [4.69, 9.17) is 4.74 Å². The molecule has 1 amide bonds. The zero-order valence-corrected chi connectivity index (χ0v) is 10.9. The lowest BCUT2D eigenvalue weighted by Gasteiger charge is -2.34. The third-order valence-electron chi connectivity index (χ3n) is 4.95. The summed E-state index contributed by atoms with van der Waals surface area (Å²) in [4.78, 5) is 26.1. The van der Waals surface area contributed by atoms with Crippen LogP contribution >= 0.6 is 0 Å². The van der Waals surface area contributed by atoms with E-state index in [0.29, 0.717) is 11.8 Å². The van der Waals surface area contributed by atoms with Crippen LogP contribution in [0.2, 0.25) is 0 Å². The molecule has 0 N–H and O–H groups in total. The lowest BCUT2D eigenvalue weighted by molar-refractivity contribution is -0.155. The summed E-state index contributed by atoms with van der Waals surface area (Å²) in [6.45, 7) is 0.731. The molecular formula is C14H21NO3. The van der Waals surface area contributed by atoms with Gasteiger partial charge in [0, 0.05) is 12.5 Å². The van der Waals surface area contributed by atoms with Crippen LogP contribution in [0.15, 0.2) is 0 Å². The number of hydrogen-bond acceptors (Lipinski definition) is 3. The molecule has 18 heavy (non-hydrogen) atoms. The highest BCUT2D eigenvalue weighted by atomic mass is 16.5. The number of rotatable bonds is 2. The number of carbonyl (C=O) groups excluding carboxylic acids is 2. The van der Waals surface area contributed by atoms with Crippen molar-refractivity contribution in [3.63, 3.8) is 0 Å². The molecule has 4 heteroatoms. The molecule has 3 fully saturated rings. The molecule has 2 aliphatic carbocycles. The van der Waals surface area contributed by atoms with Crippen molar-refractivity contribution in [1.29, 1.82) is 0 Å². The third-order valence-corrected chi connectivity index (χ3v) is 4.95. The number of fused-ring (bicyclic) bond motifs is 1. The van der Waals surface area contributed by atoms with E-state index < -0.39 is 0 Å². The molecule has 1 saturated heterocycles. The Bertz CT molecular complexity index is 358. The standard InChI is InChI=1S/C14H21NO3/c1-18-14(17)11-7-2-3-8-15(11)13(16)12-9-5-4-6-10(9)12/h9-12H,2-8H2,1H3/t9?,10?,11-,12?/m1/s1. The molecule has 100 valence electrons. The summed E-state index contributed by atoms with van der Waals surface area (Å²) in [6, 6.07) is -0.322. The van der Waals surface area contributed by atoms with Crippen LogP contribution in [0.4, 0.5) is 0 Å². The SMILES string of the molecule is COC(=O)[C@H]1CCCCN1C(=O)C1C2CCCC21. The Morgan fingerprint density at radius 2 is 1.78 bits per heavy atom. The van der Waals surface area contributed by atoms with Gasteiger partial charge in [0.25, 0.3) is 0 Å². The number of methoxy groups -OCH3 is 1. The highest BCUT2D eigenvalue weighted by Gasteiger charge is 2.58. The summed E-state index contributed by atoms with van der Waals surface area (Å²) in [5.74, 6) is 1.45. The number of piperidine rings is 1. The van der Waals surface area contributed by atoms with Gasteiger partial charge >= 0.3 is 5.97 Å². The summed E-state index contributed by atoms with van der Waals surface area (Å²) in [5, 5.41) is 0. The van der Waals surface area contributed by atoms with Gasteiger partial charge in [-0.15, -0.1) is 0 Å². The molecule has 2 saturated carbocycles. The number of likely N-dealkylation sites (tertiary alicyclic amines) is 1. The summed E-state index contributed by atoms with van der Waals surface area (Å²) in [7, 11) is 1.41. The Morgan fingerprint density at radius 1 is 1.06 bits per heavy atom. The predicted molar refractivity (Wildman–Crippen MR) is 65.7 cm³/mol. The first-order valence-corrected chi connectivity index (χ1v) is 7.12. The Balaban J connectivity index is 1.69. The zero-order chi connectivity index (χ0) is 12.7. The molecule has 0 aromatic carbocycles. The topological polar surface area (TPSA) is 46.6 Å². The van der Waals surface area contributed by atoms with E-state index in [0.717, 1.165) is 25.8 Å². The van der Waals surface area contributed by atoms with Crippen LogP contribution in [0, 0.1) is 17.8 Å². The molecule has 0 aromatic rings. The molecule has 0 radical (unpaired) electrons. The van der Waals surface area contributed by atoms with Crippen LogP contribution in [0.5, 0.6) is 0 Å². The molecule has 0 spiro atoms. The van der Waals surface area contributed by atoms with Crippen LogP contribution in [0.25, 0.3) is 0 Å². The number of ether oxygens (including phenoxy) is 1. The molecule has 4 nitrogen and oxygen atoms in total. The van der Waals surface area contributed by atoms with Crippen molar-refractivity contribution >= 4 is 11.9 Å². The van der Waals surface area contributed by atoms with Crippen LogP contribution in [0.1, 0.15) is 38.5 Å². The molecule has 3 atom stereocenters. The van der Waals surface area contributed by atoms with E-state index in [1.165, 1.54) is 26.4 Å². The second-order valence-corrected chi connectivity index (χ2v) is 5.85. The molecule has 0 bridgehead atoms. The summed E-state index contributed by atoms with van der Waals surface area (Å²) < 4.78 is 4.83. The molecule has 0 aromatic heterocycles. The molecule has 1 aliphatic heterocycles. The maximum atomic E-state index is 12.5. The fourth-order valence-electron chi connectivity index (χ4n) is 3.96. The van der Waals surface area contributed by atoms with E-state index in [9.17, 15) is 9.59 Å². The first-order valence-electron chi connectivity index (χ1n) is 7.12. The maximum absolute atomic E-state index is 12.5. The smallest absolute Gasteiger partial charge is 0.328 e. The lowest BCUT2D eigenvalue weighted by atomic mass is 10.0. The van der Waals surface area contributed by atoms with Gasteiger partial charge < -0.3 is 9.64 Å². The first-order chi connectivity index (χ1) is 8.74. The Labute approximate surface area is 108 Å². The van der Waals surface area contributed by atoms with E-state index in [1.807, 2.05) is 0 Å². The number of esters is 1. The molecule has 3 aliphatic rings. The fourth-order valence-corrected chi connectivity index (χ4v) is 3.96. The van der Waals surface area contributed by atoms with Crippen molar-refractivity contribution in [3.05, 3.63) is 0 Å². The zero-order valence-electron chi connectivity index (χ0n) is 10.9. The van der Waals surface area contributed by atoms with Gasteiger partial charge in [-0.1, -0.05) is 6.42 Å². The summed E-state index contributed by atoms with van der Waals surface area (Å²) in [5.41, 5.74) is 0. The van der Waals surface area contributed by atoms with Gasteiger partial charge in [-0.3, -0.25) is 4.79 Å². The largest absolute Gasteiger partial charge is 0.467 e. The fraction of sp³-hybridized carbons (Fsp3) is 0.857. The quantitative estimate of drug-likeness (QED) is 0.700. The van der Waals surface area contributed by atoms with Crippen molar-refractivity contribution in [2.75, 3.05) is 13.7 Å². The normalized spacial score (nSPS) is 38.2. The Hall–Kier alpha value is -1.06. The second kappa shape index (κ2) is 4.56. The van der Waals surface area contributed by atoms with Crippen LogP contribution in [-0.4, -0.2) is 36.5 Å². The minimum absolute atomic E-state index is 0.222. The molecule has 1 heterocycles. The minimum atomic E-state index is -0.322. The van der Waals surface area contributed by atoms with E-state index in [-0.39, 0.29) is 23.8 Å². The van der Waals surface area contributed by atoms with Crippen molar-refractivity contribution in [2.45, 2.75) is 44.6 Å². The second-order valence-electron chi connectivity index (χ2n) is 5.85. The number of carbonyl (C=O) groups is 2. The van der Waals surface area contributed by atoms with Gasteiger partial charge in [-0.05, 0) is 43.9 Å². The van der Waals surface area contributed by atoms with Crippen molar-refractivity contribution in [3.8, 4) is 0 Å². The van der Waals surface area contributed by atoms with Crippen molar-refractivity contribution in [1.82, 2.24) is 4.90 Å². The van der Waals surface area contributed by atoms with E-state index in [2.05, 4.69) is 0 Å². The molecule has 2 unspecified atom stereocenters. The van der Waals surface area contributed by atoms with E-state index in [1.54, 1.807) is 4.90 Å². The van der Waals surface area contributed by atoms with E-state index >= 15 is 0 Å². The molecular weight excluding hydrogens is 230 g/mol. The van der Waals surface area contributed by atoms with Gasteiger partial charge in [0.05, 0.1) is 7.11 Å². The number of nitrogens with zero attached hydrogens (tertiary/aromatic N) is 1. The lowest BCUT2D eigenvalue weighted by Crippen LogP contribution is -2.49. The van der Waals surface area contributed by atoms with Crippen LogP contribution in [-0.2, 0) is 14.3 Å². The van der Waals surface area contributed by atoms with Gasteiger partial charge in [0.15, 0.2) is 0 Å². The molecule has 3 rings (SSSR count). The van der Waals surface area contributed by atoms with Gasteiger partial charge in [-0.25, -0.2) is 4.79 Å². The Morgan fingerprint density at radius 3 is 2.44 bits per heavy atom. The Kier molecular flexibility index (Phi) is 3.04. The van der Waals surface area contributed by atoms with Crippen LogP contribution in [0.3, 0.4) is 0 Å².